The van der Waals surface area contributed by atoms with Crippen LogP contribution in [0.25, 0.3) is 10.9 Å². The Kier molecular flexibility index (Phi) is 4.85. The molecule has 3 rings (SSSR count). The highest BCUT2D eigenvalue weighted by Gasteiger charge is 2.29. The Hall–Kier alpha value is -2.63. The molecule has 0 saturated carbocycles. The van der Waals surface area contributed by atoms with Crippen molar-refractivity contribution in [1.29, 1.82) is 0 Å². The van der Waals surface area contributed by atoms with Gasteiger partial charge in [0, 0.05) is 35.7 Å². The molecule has 1 aliphatic heterocycles. The number of likely N-dealkylation sites (tertiary alicyclic amines) is 1. The summed E-state index contributed by atoms with van der Waals surface area (Å²) >= 11 is 0. The van der Waals surface area contributed by atoms with Crippen molar-refractivity contribution in [1.82, 2.24) is 9.88 Å². The predicted molar refractivity (Wildman–Crippen MR) is 99.4 cm³/mol. The molecule has 1 atom stereocenters. The van der Waals surface area contributed by atoms with Crippen molar-refractivity contribution in [2.45, 2.75) is 39.0 Å². The molecule has 3 N–H and O–H groups in total. The van der Waals surface area contributed by atoms with E-state index in [4.69, 9.17) is 5.73 Å². The molecular formula is C20H24FN3O2. The maximum absolute atomic E-state index is 15.1. The van der Waals surface area contributed by atoms with Gasteiger partial charge in [0.2, 0.25) is 11.8 Å². The van der Waals surface area contributed by atoms with E-state index in [-0.39, 0.29) is 24.1 Å². The third-order valence-electron chi connectivity index (χ3n) is 5.33. The van der Waals surface area contributed by atoms with Crippen molar-refractivity contribution in [2.75, 3.05) is 13.1 Å². The van der Waals surface area contributed by atoms with Crippen LogP contribution in [-0.2, 0) is 16.0 Å². The van der Waals surface area contributed by atoms with Crippen LogP contribution in [0.3, 0.4) is 0 Å². The van der Waals surface area contributed by atoms with E-state index in [1.165, 1.54) is 12.1 Å². The Labute approximate surface area is 152 Å². The second-order valence-electron chi connectivity index (χ2n) is 7.03. The number of aromatic nitrogens is 1. The van der Waals surface area contributed by atoms with Gasteiger partial charge in [0.05, 0.1) is 11.9 Å². The number of rotatable bonds is 4. The van der Waals surface area contributed by atoms with Crippen LogP contribution in [-0.4, -0.2) is 34.8 Å². The minimum absolute atomic E-state index is 0.0150. The third-order valence-corrected chi connectivity index (χ3v) is 5.33. The summed E-state index contributed by atoms with van der Waals surface area (Å²) in [6.07, 6.45) is 2.91. The summed E-state index contributed by atoms with van der Waals surface area (Å²) in [5.41, 5.74) is 9.19. The lowest BCUT2D eigenvalue weighted by Gasteiger charge is -2.33. The number of benzene rings is 1. The smallest absolute Gasteiger partial charge is 0.245 e. The summed E-state index contributed by atoms with van der Waals surface area (Å²) < 4.78 is 15.1. The molecule has 0 aliphatic carbocycles. The average Bonchev–Trinajstić information content (AvgIpc) is 2.90. The van der Waals surface area contributed by atoms with Gasteiger partial charge in [-0.05, 0) is 50.0 Å². The topological polar surface area (TPSA) is 79.2 Å². The molecule has 0 spiro atoms. The number of aryl methyl sites for hydroxylation is 2. The second kappa shape index (κ2) is 6.94. The molecule has 2 aromatic rings. The number of hydrogen-bond acceptors (Lipinski definition) is 2. The largest absolute Gasteiger partial charge is 0.369 e. The summed E-state index contributed by atoms with van der Waals surface area (Å²) in [5, 5.41) is 0.816. The van der Waals surface area contributed by atoms with Crippen LogP contribution >= 0.6 is 0 Å². The lowest BCUT2D eigenvalue weighted by Crippen LogP contribution is -2.38. The monoisotopic (exact) mass is 357 g/mol. The molecule has 1 aliphatic rings. The van der Waals surface area contributed by atoms with Gasteiger partial charge in [-0.3, -0.25) is 9.59 Å². The van der Waals surface area contributed by atoms with Crippen LogP contribution < -0.4 is 5.73 Å². The first-order valence-electron chi connectivity index (χ1n) is 8.83. The second-order valence-corrected chi connectivity index (χ2v) is 7.03. The molecule has 26 heavy (non-hydrogen) atoms. The Morgan fingerprint density at radius 2 is 2.19 bits per heavy atom. The Morgan fingerprint density at radius 1 is 1.46 bits per heavy atom. The van der Waals surface area contributed by atoms with E-state index in [9.17, 15) is 9.59 Å². The number of nitrogens with zero attached hydrogens (tertiary/aromatic N) is 1. The number of hydrogen-bond donors (Lipinski definition) is 2. The summed E-state index contributed by atoms with van der Waals surface area (Å²) in [5.74, 6) is -1.05. The van der Waals surface area contributed by atoms with E-state index < -0.39 is 5.91 Å². The fraction of sp³-hybridized carbons (Fsp3) is 0.400. The van der Waals surface area contributed by atoms with Crippen LogP contribution in [0.15, 0.2) is 18.7 Å². The number of nitrogens with one attached hydrogen (secondary N) is 1. The number of carbonyl (C=O) groups is 2. The predicted octanol–water partition coefficient (Wildman–Crippen LogP) is 2.84. The molecule has 1 unspecified atom stereocenters. The molecule has 6 heteroatoms. The molecule has 2 heterocycles. The number of primary amides is 1. The van der Waals surface area contributed by atoms with E-state index in [0.717, 1.165) is 35.0 Å². The van der Waals surface area contributed by atoms with Crippen molar-refractivity contribution >= 4 is 22.7 Å². The van der Waals surface area contributed by atoms with Crippen molar-refractivity contribution < 1.29 is 14.0 Å². The molecule has 5 nitrogen and oxygen atoms in total. The van der Waals surface area contributed by atoms with Gasteiger partial charge in [0.25, 0.3) is 0 Å². The lowest BCUT2D eigenvalue weighted by molar-refractivity contribution is -0.127. The van der Waals surface area contributed by atoms with Gasteiger partial charge in [-0.2, -0.15) is 0 Å². The SMILES string of the molecule is C=CC(=O)N1CCCC(c2c(F)cc(CC(N)=O)c3[nH]c(C)c(C)c23)C1. The van der Waals surface area contributed by atoms with Gasteiger partial charge >= 0.3 is 0 Å². The summed E-state index contributed by atoms with van der Waals surface area (Å²) in [7, 11) is 0. The first-order valence-corrected chi connectivity index (χ1v) is 8.83. The normalized spacial score (nSPS) is 17.5. The maximum atomic E-state index is 15.1. The highest BCUT2D eigenvalue weighted by Crippen LogP contribution is 2.38. The van der Waals surface area contributed by atoms with E-state index in [1.54, 1.807) is 4.90 Å². The fourth-order valence-corrected chi connectivity index (χ4v) is 3.99. The Morgan fingerprint density at radius 3 is 2.85 bits per heavy atom. The molecule has 1 fully saturated rings. The molecule has 138 valence electrons. The van der Waals surface area contributed by atoms with E-state index >= 15 is 4.39 Å². The summed E-state index contributed by atoms with van der Waals surface area (Å²) in [4.78, 5) is 28.4. The number of halogens is 1. The van der Waals surface area contributed by atoms with Gasteiger partial charge < -0.3 is 15.6 Å². The van der Waals surface area contributed by atoms with Gasteiger partial charge in [-0.15, -0.1) is 0 Å². The van der Waals surface area contributed by atoms with E-state index in [1.807, 2.05) is 13.8 Å². The molecule has 2 amide bonds. The van der Waals surface area contributed by atoms with Gasteiger partial charge in [0.1, 0.15) is 5.82 Å². The van der Waals surface area contributed by atoms with Crippen LogP contribution in [0.2, 0.25) is 0 Å². The number of fused-ring (bicyclic) bond motifs is 1. The molecule has 0 bridgehead atoms. The number of carbonyl (C=O) groups excluding carboxylic acids is 2. The number of amides is 2. The Balaban J connectivity index is 2.14. The van der Waals surface area contributed by atoms with Crippen molar-refractivity contribution in [2.24, 2.45) is 5.73 Å². The summed E-state index contributed by atoms with van der Waals surface area (Å²) in [6, 6.07) is 1.41. The Bertz CT molecular complexity index is 900. The lowest BCUT2D eigenvalue weighted by atomic mass is 9.85. The molecular weight excluding hydrogens is 333 g/mol. The average molecular weight is 357 g/mol. The molecule has 1 saturated heterocycles. The first-order chi connectivity index (χ1) is 12.3. The standard InChI is InChI=1S/C20H24FN3O2/c1-4-17(26)24-7-5-6-13(10-24)19-15(21)8-14(9-16(22)25)20-18(19)11(2)12(3)23-20/h4,8,13,23H,1,5-7,9-10H2,2-3H3,(H2,22,25). The third kappa shape index (κ3) is 3.11. The van der Waals surface area contributed by atoms with E-state index in [2.05, 4.69) is 11.6 Å². The van der Waals surface area contributed by atoms with Crippen molar-refractivity contribution in [3.05, 3.63) is 46.9 Å². The fourth-order valence-electron chi connectivity index (χ4n) is 3.99. The quantitative estimate of drug-likeness (QED) is 0.825. The van der Waals surface area contributed by atoms with Crippen molar-refractivity contribution in [3.8, 4) is 0 Å². The minimum Gasteiger partial charge on any atom is -0.369 e. The molecule has 1 aromatic carbocycles. The van der Waals surface area contributed by atoms with Gasteiger partial charge in [-0.25, -0.2) is 4.39 Å². The first kappa shape index (κ1) is 18.2. The van der Waals surface area contributed by atoms with Gasteiger partial charge in [0.15, 0.2) is 0 Å². The van der Waals surface area contributed by atoms with Crippen LogP contribution in [0.5, 0.6) is 0 Å². The minimum atomic E-state index is -0.497. The number of aromatic amines is 1. The van der Waals surface area contributed by atoms with E-state index in [0.29, 0.717) is 24.2 Å². The highest BCUT2D eigenvalue weighted by atomic mass is 19.1. The number of piperidine rings is 1. The zero-order valence-electron chi connectivity index (χ0n) is 15.2. The van der Waals surface area contributed by atoms with Crippen molar-refractivity contribution in [3.63, 3.8) is 0 Å². The zero-order chi connectivity index (χ0) is 19.0. The van der Waals surface area contributed by atoms with Crippen LogP contribution in [0.4, 0.5) is 4.39 Å². The zero-order valence-corrected chi connectivity index (χ0v) is 15.2. The van der Waals surface area contributed by atoms with Crippen LogP contribution in [0, 0.1) is 19.7 Å². The van der Waals surface area contributed by atoms with Crippen LogP contribution in [0.1, 0.15) is 41.1 Å². The highest BCUT2D eigenvalue weighted by molar-refractivity contribution is 5.93. The number of nitrogens with two attached hydrogens (primary N) is 1. The maximum Gasteiger partial charge on any atom is 0.245 e. The summed E-state index contributed by atoms with van der Waals surface area (Å²) in [6.45, 7) is 8.55. The number of H-pyrrole nitrogens is 1. The van der Waals surface area contributed by atoms with Gasteiger partial charge in [-0.1, -0.05) is 6.58 Å². The molecule has 1 aromatic heterocycles. The molecule has 0 radical (unpaired) electrons.